The Bertz CT molecular complexity index is 1140. The van der Waals surface area contributed by atoms with Gasteiger partial charge in [-0.2, -0.15) is 0 Å². The lowest BCUT2D eigenvalue weighted by Gasteiger charge is -2.18. The van der Waals surface area contributed by atoms with Gasteiger partial charge in [-0.25, -0.2) is 14.2 Å². The Hall–Kier alpha value is -3.10. The summed E-state index contributed by atoms with van der Waals surface area (Å²) < 4.78 is 19.3. The van der Waals surface area contributed by atoms with Crippen molar-refractivity contribution in [2.75, 3.05) is 6.61 Å². The molecular formula is C21H15FN2O3S2. The Balaban J connectivity index is 1.42. The average molecular weight is 426 g/mol. The summed E-state index contributed by atoms with van der Waals surface area (Å²) in [5.41, 5.74) is 3.61. The van der Waals surface area contributed by atoms with Crippen LogP contribution in [0.3, 0.4) is 0 Å². The Morgan fingerprint density at radius 3 is 2.69 bits per heavy atom. The first-order valence-electron chi connectivity index (χ1n) is 8.69. The predicted octanol–water partition coefficient (Wildman–Crippen LogP) is 4.56. The van der Waals surface area contributed by atoms with Crippen molar-refractivity contribution in [3.05, 3.63) is 87.3 Å². The van der Waals surface area contributed by atoms with Crippen LogP contribution >= 0.6 is 22.7 Å². The Morgan fingerprint density at radius 1 is 1.10 bits per heavy atom. The average Bonchev–Trinajstić information content (AvgIpc) is 3.42. The summed E-state index contributed by atoms with van der Waals surface area (Å²) in [5, 5.41) is 4.75. The van der Waals surface area contributed by atoms with E-state index < -0.39 is 24.5 Å². The molecular weight excluding hydrogens is 411 g/mol. The number of benzene rings is 2. The molecule has 0 radical (unpaired) electrons. The van der Waals surface area contributed by atoms with E-state index in [9.17, 15) is 14.0 Å². The maximum absolute atomic E-state index is 13.3. The van der Waals surface area contributed by atoms with Crippen molar-refractivity contribution >= 4 is 44.8 Å². The second-order valence-electron chi connectivity index (χ2n) is 6.18. The van der Waals surface area contributed by atoms with E-state index in [0.29, 0.717) is 5.56 Å². The van der Waals surface area contributed by atoms with Gasteiger partial charge in [0, 0.05) is 4.88 Å². The number of ether oxygens (including phenoxy) is 1. The van der Waals surface area contributed by atoms with Crippen LogP contribution in [0.15, 0.2) is 65.5 Å². The smallest absolute Gasteiger partial charge is 0.338 e. The summed E-state index contributed by atoms with van der Waals surface area (Å²) in [6, 6.07) is 14.3. The first-order chi connectivity index (χ1) is 14.1. The van der Waals surface area contributed by atoms with Crippen LogP contribution in [-0.2, 0) is 9.53 Å². The molecule has 1 amide bonds. The molecule has 29 heavy (non-hydrogen) atoms. The van der Waals surface area contributed by atoms with Crippen LogP contribution in [0.4, 0.5) is 4.39 Å². The number of esters is 1. The zero-order valence-corrected chi connectivity index (χ0v) is 16.6. The van der Waals surface area contributed by atoms with E-state index in [2.05, 4.69) is 10.3 Å². The van der Waals surface area contributed by atoms with Gasteiger partial charge < -0.3 is 10.1 Å². The molecule has 0 saturated carbocycles. The molecule has 0 saturated heterocycles. The van der Waals surface area contributed by atoms with Gasteiger partial charge in [-0.05, 0) is 47.3 Å². The van der Waals surface area contributed by atoms with Gasteiger partial charge in [-0.15, -0.1) is 22.7 Å². The van der Waals surface area contributed by atoms with E-state index >= 15 is 0 Å². The number of amides is 1. The molecule has 0 aliphatic heterocycles. The monoisotopic (exact) mass is 426 g/mol. The number of halogens is 1. The third-order valence-electron chi connectivity index (χ3n) is 4.24. The van der Waals surface area contributed by atoms with Gasteiger partial charge in [0.15, 0.2) is 6.61 Å². The number of thiazole rings is 1. The van der Waals surface area contributed by atoms with Crippen LogP contribution in [0.25, 0.3) is 10.2 Å². The number of hydrogen-bond donors (Lipinski definition) is 1. The summed E-state index contributed by atoms with van der Waals surface area (Å²) in [6.45, 7) is -0.414. The number of nitrogens with zero attached hydrogens (tertiary/aromatic N) is 1. The van der Waals surface area contributed by atoms with Crippen LogP contribution in [0.1, 0.15) is 26.8 Å². The minimum Gasteiger partial charge on any atom is -0.452 e. The van der Waals surface area contributed by atoms with Gasteiger partial charge in [-0.1, -0.05) is 18.2 Å². The van der Waals surface area contributed by atoms with Crippen molar-refractivity contribution in [2.24, 2.45) is 0 Å². The molecule has 5 nitrogen and oxygen atoms in total. The SMILES string of the molecule is O=C(COC(=O)c1ccc2ncsc2c1)N[C@@H](c1ccc(F)cc1)c1cccs1. The summed E-state index contributed by atoms with van der Waals surface area (Å²) in [5.74, 6) is -1.37. The second-order valence-corrected chi connectivity index (χ2v) is 8.04. The van der Waals surface area contributed by atoms with Gasteiger partial charge in [-0.3, -0.25) is 4.79 Å². The van der Waals surface area contributed by atoms with Crippen molar-refractivity contribution in [3.8, 4) is 0 Å². The molecule has 4 rings (SSSR count). The highest BCUT2D eigenvalue weighted by atomic mass is 32.1. The van der Waals surface area contributed by atoms with Gasteiger partial charge >= 0.3 is 5.97 Å². The van der Waals surface area contributed by atoms with E-state index in [-0.39, 0.29) is 5.82 Å². The van der Waals surface area contributed by atoms with Gasteiger partial charge in [0.25, 0.3) is 5.91 Å². The highest BCUT2D eigenvalue weighted by Crippen LogP contribution is 2.26. The molecule has 0 fully saturated rings. The molecule has 1 N–H and O–H groups in total. The van der Waals surface area contributed by atoms with E-state index in [0.717, 1.165) is 20.7 Å². The van der Waals surface area contributed by atoms with Crippen LogP contribution < -0.4 is 5.32 Å². The third-order valence-corrected chi connectivity index (χ3v) is 5.97. The highest BCUT2D eigenvalue weighted by molar-refractivity contribution is 7.16. The number of carbonyl (C=O) groups excluding carboxylic acids is 2. The van der Waals surface area contributed by atoms with Gasteiger partial charge in [0.2, 0.25) is 0 Å². The van der Waals surface area contributed by atoms with Crippen molar-refractivity contribution in [1.29, 1.82) is 0 Å². The fourth-order valence-electron chi connectivity index (χ4n) is 2.83. The van der Waals surface area contributed by atoms with Gasteiger partial charge in [0.05, 0.1) is 27.3 Å². The zero-order chi connectivity index (χ0) is 20.2. The molecule has 1 atom stereocenters. The van der Waals surface area contributed by atoms with E-state index in [1.807, 2.05) is 17.5 Å². The zero-order valence-electron chi connectivity index (χ0n) is 15.0. The molecule has 2 heterocycles. The van der Waals surface area contributed by atoms with Crippen LogP contribution in [-0.4, -0.2) is 23.5 Å². The molecule has 8 heteroatoms. The predicted molar refractivity (Wildman–Crippen MR) is 111 cm³/mol. The number of thiophene rings is 1. The molecule has 0 aliphatic rings. The number of hydrogen-bond acceptors (Lipinski definition) is 6. The first kappa shape index (κ1) is 19.2. The van der Waals surface area contributed by atoms with Crippen molar-refractivity contribution in [2.45, 2.75) is 6.04 Å². The molecule has 2 aromatic heterocycles. The number of nitrogens with one attached hydrogen (secondary N) is 1. The number of aromatic nitrogens is 1. The summed E-state index contributed by atoms with van der Waals surface area (Å²) in [4.78, 5) is 29.8. The standard InChI is InChI=1S/C21H15FN2O3S2/c22-15-6-3-13(4-7-15)20(17-2-1-9-28-17)24-19(25)11-27-21(26)14-5-8-16-18(10-14)29-12-23-16/h1-10,12,20H,11H2,(H,24,25)/t20-/m0/s1. The first-order valence-corrected chi connectivity index (χ1v) is 10.4. The number of fused-ring (bicyclic) bond motifs is 1. The van der Waals surface area contributed by atoms with Crippen molar-refractivity contribution in [1.82, 2.24) is 10.3 Å². The Kier molecular flexibility index (Phi) is 5.64. The van der Waals surface area contributed by atoms with E-state index in [1.165, 1.54) is 34.8 Å². The number of rotatable bonds is 6. The molecule has 2 aromatic carbocycles. The lowest BCUT2D eigenvalue weighted by molar-refractivity contribution is -0.124. The van der Waals surface area contributed by atoms with E-state index in [1.54, 1.807) is 35.8 Å². The third kappa shape index (κ3) is 4.49. The molecule has 0 aliphatic carbocycles. The van der Waals surface area contributed by atoms with E-state index in [4.69, 9.17) is 4.74 Å². The molecule has 0 bridgehead atoms. The summed E-state index contributed by atoms with van der Waals surface area (Å²) >= 11 is 2.90. The minimum atomic E-state index is -0.579. The van der Waals surface area contributed by atoms with Crippen molar-refractivity contribution < 1.29 is 18.7 Å². The summed E-state index contributed by atoms with van der Waals surface area (Å²) in [7, 11) is 0. The lowest BCUT2D eigenvalue weighted by Crippen LogP contribution is -2.32. The normalized spacial score (nSPS) is 11.9. The Morgan fingerprint density at radius 2 is 1.93 bits per heavy atom. The quantitative estimate of drug-likeness (QED) is 0.459. The minimum absolute atomic E-state index is 0.350. The van der Waals surface area contributed by atoms with Crippen LogP contribution in [0.5, 0.6) is 0 Å². The van der Waals surface area contributed by atoms with Crippen LogP contribution in [0, 0.1) is 5.82 Å². The molecule has 146 valence electrons. The summed E-state index contributed by atoms with van der Waals surface area (Å²) in [6.07, 6.45) is 0. The Labute approximate surface area is 173 Å². The highest BCUT2D eigenvalue weighted by Gasteiger charge is 2.19. The topological polar surface area (TPSA) is 68.3 Å². The maximum Gasteiger partial charge on any atom is 0.338 e. The fourth-order valence-corrected chi connectivity index (χ4v) is 4.35. The maximum atomic E-state index is 13.3. The second kappa shape index (κ2) is 8.50. The molecule has 0 unspecified atom stereocenters. The van der Waals surface area contributed by atoms with Crippen molar-refractivity contribution in [3.63, 3.8) is 0 Å². The lowest BCUT2D eigenvalue weighted by atomic mass is 10.1. The molecule has 4 aromatic rings. The van der Waals surface area contributed by atoms with Crippen LogP contribution in [0.2, 0.25) is 0 Å². The fraction of sp³-hybridized carbons (Fsp3) is 0.0952. The number of carbonyl (C=O) groups is 2. The van der Waals surface area contributed by atoms with Gasteiger partial charge in [0.1, 0.15) is 5.82 Å². The largest absolute Gasteiger partial charge is 0.452 e. The molecule has 0 spiro atoms.